The molecule has 0 aromatic carbocycles. The zero-order chi connectivity index (χ0) is 20.4. The largest absolute Gasteiger partial charge is 0.396 e. The predicted octanol–water partition coefficient (Wildman–Crippen LogP) is 2.03. The van der Waals surface area contributed by atoms with Crippen LogP contribution in [0.15, 0.2) is 16.3 Å². The maximum Gasteiger partial charge on any atom is 0.262 e. The van der Waals surface area contributed by atoms with Crippen molar-refractivity contribution in [3.63, 3.8) is 0 Å². The average Bonchev–Trinajstić information content (AvgIpc) is 3.44. The SMILES string of the molecule is O=C(NC1CCN(C2CC2)CC1)c1sccc1S(=O)(=O)N1CCCCC1CCO. The first kappa shape index (κ1) is 21.2. The van der Waals surface area contributed by atoms with Gasteiger partial charge >= 0.3 is 0 Å². The van der Waals surface area contributed by atoms with Gasteiger partial charge in [-0.25, -0.2) is 8.42 Å². The molecule has 1 aromatic heterocycles. The molecule has 162 valence electrons. The van der Waals surface area contributed by atoms with Crippen LogP contribution in [0.3, 0.4) is 0 Å². The lowest BCUT2D eigenvalue weighted by Gasteiger charge is -2.34. The normalized spacial score (nSPS) is 25.2. The third-order valence-corrected chi connectivity index (χ3v) is 9.42. The number of rotatable bonds is 7. The van der Waals surface area contributed by atoms with E-state index in [1.165, 1.54) is 28.5 Å². The number of nitrogens with one attached hydrogen (secondary N) is 1. The molecule has 9 heteroatoms. The standard InChI is InChI=1S/C20H31N3O4S2/c24-13-8-17-3-1-2-10-23(17)29(26,27)18-9-14-28-19(18)20(25)21-15-6-11-22(12-7-15)16-4-5-16/h9,14-17,24H,1-8,10-13H2,(H,21,25). The van der Waals surface area contributed by atoms with Gasteiger partial charge < -0.3 is 15.3 Å². The highest BCUT2D eigenvalue weighted by Crippen LogP contribution is 2.32. The van der Waals surface area contributed by atoms with E-state index < -0.39 is 10.0 Å². The van der Waals surface area contributed by atoms with Crippen molar-refractivity contribution in [1.29, 1.82) is 0 Å². The van der Waals surface area contributed by atoms with Gasteiger partial charge in [0.15, 0.2) is 0 Å². The van der Waals surface area contributed by atoms with Crippen LogP contribution in [-0.2, 0) is 10.0 Å². The number of hydrogen-bond acceptors (Lipinski definition) is 6. The fraction of sp³-hybridized carbons (Fsp3) is 0.750. The van der Waals surface area contributed by atoms with Gasteiger partial charge in [0.05, 0.1) is 0 Å². The molecule has 1 amide bonds. The van der Waals surface area contributed by atoms with E-state index in [4.69, 9.17) is 0 Å². The fourth-order valence-electron chi connectivity index (χ4n) is 4.62. The number of hydrogen-bond donors (Lipinski definition) is 2. The number of piperidine rings is 2. The average molecular weight is 442 g/mol. The minimum atomic E-state index is -3.75. The third-order valence-electron chi connectivity index (χ3n) is 6.39. The number of nitrogens with zero attached hydrogens (tertiary/aromatic N) is 2. The second-order valence-electron chi connectivity index (χ2n) is 8.41. The Morgan fingerprint density at radius 1 is 1.14 bits per heavy atom. The highest BCUT2D eigenvalue weighted by molar-refractivity contribution is 7.89. The molecule has 7 nitrogen and oxygen atoms in total. The molecule has 1 atom stereocenters. The number of aliphatic hydroxyl groups excluding tert-OH is 1. The molecule has 0 bridgehead atoms. The summed E-state index contributed by atoms with van der Waals surface area (Å²) >= 11 is 1.19. The number of amides is 1. The Kier molecular flexibility index (Phi) is 6.60. The summed E-state index contributed by atoms with van der Waals surface area (Å²) in [6, 6.07) is 2.21. The monoisotopic (exact) mass is 441 g/mol. The van der Waals surface area contributed by atoms with E-state index in [0.29, 0.717) is 13.0 Å². The van der Waals surface area contributed by atoms with Crippen molar-refractivity contribution in [2.45, 2.75) is 74.4 Å². The molecule has 1 saturated carbocycles. The Morgan fingerprint density at radius 2 is 1.90 bits per heavy atom. The Labute approximate surface area is 177 Å². The Hall–Kier alpha value is -1.00. The molecule has 29 heavy (non-hydrogen) atoms. The lowest BCUT2D eigenvalue weighted by molar-refractivity contribution is 0.0909. The third kappa shape index (κ3) is 4.69. The van der Waals surface area contributed by atoms with Crippen LogP contribution in [0.2, 0.25) is 0 Å². The molecule has 2 aliphatic heterocycles. The van der Waals surface area contributed by atoms with E-state index in [9.17, 15) is 18.3 Å². The number of sulfonamides is 1. The summed E-state index contributed by atoms with van der Waals surface area (Å²) in [5, 5.41) is 14.1. The summed E-state index contributed by atoms with van der Waals surface area (Å²) in [4.78, 5) is 15.8. The molecule has 3 heterocycles. The van der Waals surface area contributed by atoms with Crippen molar-refractivity contribution in [3.05, 3.63) is 16.3 Å². The van der Waals surface area contributed by atoms with Gasteiger partial charge in [-0.1, -0.05) is 6.42 Å². The Bertz CT molecular complexity index is 811. The molecule has 1 aromatic rings. The number of carbonyl (C=O) groups is 1. The van der Waals surface area contributed by atoms with E-state index in [1.807, 2.05) is 0 Å². The van der Waals surface area contributed by atoms with Crippen LogP contribution < -0.4 is 5.32 Å². The van der Waals surface area contributed by atoms with Crippen molar-refractivity contribution < 1.29 is 18.3 Å². The first-order valence-corrected chi connectivity index (χ1v) is 13.1. The summed E-state index contributed by atoms with van der Waals surface area (Å²) in [5.74, 6) is -0.279. The van der Waals surface area contributed by atoms with Crippen LogP contribution >= 0.6 is 11.3 Å². The van der Waals surface area contributed by atoms with E-state index in [-0.39, 0.29) is 34.4 Å². The molecule has 2 saturated heterocycles. The zero-order valence-corrected chi connectivity index (χ0v) is 18.4. The van der Waals surface area contributed by atoms with Crippen LogP contribution in [-0.4, -0.2) is 73.0 Å². The molecule has 1 unspecified atom stereocenters. The van der Waals surface area contributed by atoms with Gasteiger partial charge in [-0.2, -0.15) is 4.31 Å². The minimum absolute atomic E-state index is 0.0345. The van der Waals surface area contributed by atoms with E-state index >= 15 is 0 Å². The molecular formula is C20H31N3O4S2. The summed E-state index contributed by atoms with van der Waals surface area (Å²) < 4.78 is 28.2. The van der Waals surface area contributed by atoms with Gasteiger partial charge in [-0.3, -0.25) is 4.79 Å². The number of aliphatic hydroxyl groups is 1. The first-order valence-electron chi connectivity index (χ1n) is 10.8. The summed E-state index contributed by atoms with van der Waals surface area (Å²) in [6.45, 7) is 2.42. The van der Waals surface area contributed by atoms with Gasteiger partial charge in [0.1, 0.15) is 9.77 Å². The Balaban J connectivity index is 1.45. The van der Waals surface area contributed by atoms with Gasteiger partial charge in [-0.15, -0.1) is 11.3 Å². The summed E-state index contributed by atoms with van der Waals surface area (Å²) in [6.07, 6.45) is 7.39. The molecule has 0 spiro atoms. The lowest BCUT2D eigenvalue weighted by atomic mass is 10.0. The molecule has 0 radical (unpaired) electrons. The van der Waals surface area contributed by atoms with Crippen molar-refractivity contribution >= 4 is 27.3 Å². The van der Waals surface area contributed by atoms with Gasteiger partial charge in [0.25, 0.3) is 5.91 Å². The van der Waals surface area contributed by atoms with Crippen molar-refractivity contribution in [2.75, 3.05) is 26.2 Å². The van der Waals surface area contributed by atoms with Crippen molar-refractivity contribution in [1.82, 2.24) is 14.5 Å². The molecule has 3 fully saturated rings. The minimum Gasteiger partial charge on any atom is -0.396 e. The molecule has 2 N–H and O–H groups in total. The highest BCUT2D eigenvalue weighted by Gasteiger charge is 2.37. The highest BCUT2D eigenvalue weighted by atomic mass is 32.2. The van der Waals surface area contributed by atoms with Crippen LogP contribution in [0.5, 0.6) is 0 Å². The zero-order valence-electron chi connectivity index (χ0n) is 16.8. The van der Waals surface area contributed by atoms with Gasteiger partial charge in [-0.05, 0) is 56.4 Å². The van der Waals surface area contributed by atoms with E-state index in [0.717, 1.165) is 51.2 Å². The summed E-state index contributed by atoms with van der Waals surface area (Å²) in [5.41, 5.74) is 0. The predicted molar refractivity (Wildman–Crippen MR) is 113 cm³/mol. The quantitative estimate of drug-likeness (QED) is 0.676. The number of thiophene rings is 1. The smallest absolute Gasteiger partial charge is 0.262 e. The van der Waals surface area contributed by atoms with Crippen LogP contribution in [0.4, 0.5) is 0 Å². The number of carbonyl (C=O) groups excluding carboxylic acids is 1. The lowest BCUT2D eigenvalue weighted by Crippen LogP contribution is -2.46. The van der Waals surface area contributed by atoms with Crippen molar-refractivity contribution in [2.24, 2.45) is 0 Å². The number of likely N-dealkylation sites (tertiary alicyclic amines) is 1. The van der Waals surface area contributed by atoms with Gasteiger partial charge in [0.2, 0.25) is 10.0 Å². The second kappa shape index (κ2) is 9.01. The van der Waals surface area contributed by atoms with E-state index in [1.54, 1.807) is 11.4 Å². The fourth-order valence-corrected chi connectivity index (χ4v) is 7.65. The van der Waals surface area contributed by atoms with Crippen LogP contribution in [0, 0.1) is 0 Å². The molecule has 1 aliphatic carbocycles. The molecule has 4 rings (SSSR count). The Morgan fingerprint density at radius 3 is 2.59 bits per heavy atom. The maximum absolute atomic E-state index is 13.3. The first-order chi connectivity index (χ1) is 14.0. The summed E-state index contributed by atoms with van der Waals surface area (Å²) in [7, 11) is -3.75. The topological polar surface area (TPSA) is 90.0 Å². The van der Waals surface area contributed by atoms with Gasteiger partial charge in [0, 0.05) is 44.4 Å². The molecular weight excluding hydrogens is 410 g/mol. The molecule has 3 aliphatic rings. The maximum atomic E-state index is 13.3. The second-order valence-corrected chi connectivity index (χ2v) is 11.2. The van der Waals surface area contributed by atoms with Crippen LogP contribution in [0.25, 0.3) is 0 Å². The van der Waals surface area contributed by atoms with Crippen LogP contribution in [0.1, 0.15) is 61.0 Å². The van der Waals surface area contributed by atoms with Crippen molar-refractivity contribution in [3.8, 4) is 0 Å². The van der Waals surface area contributed by atoms with E-state index in [2.05, 4.69) is 10.2 Å².